The van der Waals surface area contributed by atoms with Crippen LogP contribution in [0.25, 0.3) is 0 Å². The van der Waals surface area contributed by atoms with Crippen molar-refractivity contribution in [1.29, 1.82) is 0 Å². The fraction of sp³-hybridized carbons (Fsp3) is 0.227. The van der Waals surface area contributed by atoms with Crippen LogP contribution in [0.3, 0.4) is 0 Å². The van der Waals surface area contributed by atoms with Gasteiger partial charge in [0.25, 0.3) is 5.91 Å². The Bertz CT molecular complexity index is 1140. The molecule has 0 radical (unpaired) electrons. The van der Waals surface area contributed by atoms with E-state index in [0.29, 0.717) is 28.7 Å². The van der Waals surface area contributed by atoms with Crippen LogP contribution < -0.4 is 20.1 Å². The molecular weight excluding hydrogens is 382 g/mol. The number of aryl methyl sites for hydroxylation is 1. The number of nitrogens with one attached hydrogen (secondary N) is 2. The normalized spacial score (nSPS) is 15.3. The predicted octanol–water partition coefficient (Wildman–Crippen LogP) is 3.53. The van der Waals surface area contributed by atoms with Crippen LogP contribution in [0.2, 0.25) is 0 Å². The zero-order valence-electron chi connectivity index (χ0n) is 17.3. The predicted molar refractivity (Wildman–Crippen MR) is 114 cm³/mol. The number of allylic oxidation sites excluding steroid dienone is 1. The van der Waals surface area contributed by atoms with Crippen LogP contribution in [0.5, 0.6) is 11.5 Å². The second-order valence-electron chi connectivity index (χ2n) is 6.98. The van der Waals surface area contributed by atoms with E-state index >= 15 is 0 Å². The van der Waals surface area contributed by atoms with E-state index in [4.69, 9.17) is 9.47 Å². The molecule has 2 heterocycles. The van der Waals surface area contributed by atoms with E-state index in [1.54, 1.807) is 18.9 Å². The smallest absolute Gasteiger partial charge is 0.255 e. The van der Waals surface area contributed by atoms with Crippen molar-refractivity contribution in [3.8, 4) is 11.5 Å². The molecule has 0 saturated heterocycles. The standard InChI is InChI=1S/C22H23N5O3/c1-13-7-5-6-8-16(13)26-21(28)19-14(2)25-22-23-12-24-27(22)20(19)15-9-10-17(29-3)18(11-15)30-4/h5-12,20H,1-4H3,(H,26,28)(H,23,24,25)/t20-/m0/s1. The monoisotopic (exact) mass is 405 g/mol. The summed E-state index contributed by atoms with van der Waals surface area (Å²) in [5.41, 5.74) is 3.83. The van der Waals surface area contributed by atoms with E-state index in [0.717, 1.165) is 16.8 Å². The quantitative estimate of drug-likeness (QED) is 0.675. The van der Waals surface area contributed by atoms with E-state index in [2.05, 4.69) is 20.7 Å². The van der Waals surface area contributed by atoms with Gasteiger partial charge in [0.15, 0.2) is 11.5 Å². The fourth-order valence-corrected chi connectivity index (χ4v) is 3.62. The number of carbonyl (C=O) groups excluding carboxylic acids is 1. The number of methoxy groups -OCH3 is 2. The molecule has 0 saturated carbocycles. The van der Waals surface area contributed by atoms with Crippen molar-refractivity contribution in [2.75, 3.05) is 24.9 Å². The molecule has 1 aliphatic heterocycles. The highest BCUT2D eigenvalue weighted by atomic mass is 16.5. The summed E-state index contributed by atoms with van der Waals surface area (Å²) in [6, 6.07) is 12.8. The second kappa shape index (κ2) is 7.90. The lowest BCUT2D eigenvalue weighted by Crippen LogP contribution is -2.31. The SMILES string of the molecule is COc1ccc([C@H]2C(C(=O)Nc3ccccc3C)=C(C)Nc3ncnn32)cc1OC. The van der Waals surface area contributed by atoms with E-state index in [1.807, 2.05) is 56.3 Å². The lowest BCUT2D eigenvalue weighted by Gasteiger charge is -2.29. The molecule has 0 fully saturated rings. The number of nitrogens with zero attached hydrogens (tertiary/aromatic N) is 3. The van der Waals surface area contributed by atoms with Gasteiger partial charge in [-0.05, 0) is 43.2 Å². The van der Waals surface area contributed by atoms with Gasteiger partial charge < -0.3 is 20.1 Å². The molecule has 154 valence electrons. The van der Waals surface area contributed by atoms with Crippen LogP contribution >= 0.6 is 0 Å². The van der Waals surface area contributed by atoms with Gasteiger partial charge in [-0.25, -0.2) is 4.68 Å². The Hall–Kier alpha value is -3.81. The summed E-state index contributed by atoms with van der Waals surface area (Å²) < 4.78 is 12.5. The van der Waals surface area contributed by atoms with Gasteiger partial charge in [0, 0.05) is 11.4 Å². The number of hydrogen-bond donors (Lipinski definition) is 2. The molecule has 1 atom stereocenters. The zero-order valence-corrected chi connectivity index (χ0v) is 17.3. The van der Waals surface area contributed by atoms with Crippen LogP contribution in [0.1, 0.15) is 24.1 Å². The van der Waals surface area contributed by atoms with E-state index in [9.17, 15) is 4.79 Å². The van der Waals surface area contributed by atoms with Crippen LogP contribution in [-0.2, 0) is 4.79 Å². The number of anilines is 2. The number of carbonyl (C=O) groups is 1. The summed E-state index contributed by atoms with van der Waals surface area (Å²) in [5, 5.41) is 10.6. The third-order valence-electron chi connectivity index (χ3n) is 5.16. The Balaban J connectivity index is 1.80. The summed E-state index contributed by atoms with van der Waals surface area (Å²) in [6.07, 6.45) is 1.46. The highest BCUT2D eigenvalue weighted by molar-refractivity contribution is 6.06. The molecule has 3 aromatic rings. The Morgan fingerprint density at radius 1 is 1.10 bits per heavy atom. The summed E-state index contributed by atoms with van der Waals surface area (Å²) in [4.78, 5) is 17.7. The number of para-hydroxylation sites is 1. The first-order valence-electron chi connectivity index (χ1n) is 9.49. The van der Waals surface area contributed by atoms with Crippen molar-refractivity contribution in [3.63, 3.8) is 0 Å². The molecule has 0 spiro atoms. The van der Waals surface area contributed by atoms with Crippen molar-refractivity contribution < 1.29 is 14.3 Å². The lowest BCUT2D eigenvalue weighted by molar-refractivity contribution is -0.113. The van der Waals surface area contributed by atoms with Crippen molar-refractivity contribution >= 4 is 17.5 Å². The lowest BCUT2D eigenvalue weighted by atomic mass is 9.94. The number of amides is 1. The molecule has 1 amide bonds. The minimum atomic E-state index is -0.479. The minimum Gasteiger partial charge on any atom is -0.493 e. The topological polar surface area (TPSA) is 90.3 Å². The average Bonchev–Trinajstić information content (AvgIpc) is 3.21. The Kier molecular flexibility index (Phi) is 5.14. The molecule has 0 bridgehead atoms. The molecule has 8 nitrogen and oxygen atoms in total. The molecular formula is C22H23N5O3. The molecule has 2 aromatic carbocycles. The van der Waals surface area contributed by atoms with Gasteiger partial charge in [0.05, 0.1) is 19.8 Å². The van der Waals surface area contributed by atoms with E-state index < -0.39 is 6.04 Å². The largest absolute Gasteiger partial charge is 0.493 e. The van der Waals surface area contributed by atoms with Crippen LogP contribution in [0.4, 0.5) is 11.6 Å². The van der Waals surface area contributed by atoms with Gasteiger partial charge in [0.2, 0.25) is 5.95 Å². The Morgan fingerprint density at radius 2 is 1.87 bits per heavy atom. The number of fused-ring (bicyclic) bond motifs is 1. The van der Waals surface area contributed by atoms with Crippen molar-refractivity contribution in [2.45, 2.75) is 19.9 Å². The van der Waals surface area contributed by atoms with Gasteiger partial charge in [-0.3, -0.25) is 4.79 Å². The number of hydrogen-bond acceptors (Lipinski definition) is 6. The number of ether oxygens (including phenoxy) is 2. The maximum absolute atomic E-state index is 13.4. The second-order valence-corrected chi connectivity index (χ2v) is 6.98. The first-order valence-corrected chi connectivity index (χ1v) is 9.49. The summed E-state index contributed by atoms with van der Waals surface area (Å²) in [7, 11) is 3.17. The van der Waals surface area contributed by atoms with Crippen LogP contribution in [0.15, 0.2) is 60.1 Å². The van der Waals surface area contributed by atoms with Gasteiger partial charge in [-0.15, -0.1) is 0 Å². The summed E-state index contributed by atoms with van der Waals surface area (Å²) in [5.74, 6) is 1.54. The first-order chi connectivity index (χ1) is 14.5. The fourth-order valence-electron chi connectivity index (χ4n) is 3.62. The highest BCUT2D eigenvalue weighted by Crippen LogP contribution is 2.38. The third-order valence-corrected chi connectivity index (χ3v) is 5.16. The Morgan fingerprint density at radius 3 is 2.60 bits per heavy atom. The highest BCUT2D eigenvalue weighted by Gasteiger charge is 2.34. The van der Waals surface area contributed by atoms with E-state index in [-0.39, 0.29) is 5.91 Å². The van der Waals surface area contributed by atoms with E-state index in [1.165, 1.54) is 6.33 Å². The van der Waals surface area contributed by atoms with Gasteiger partial charge in [-0.1, -0.05) is 24.3 Å². The van der Waals surface area contributed by atoms with Crippen molar-refractivity contribution in [3.05, 3.63) is 71.2 Å². The van der Waals surface area contributed by atoms with Crippen LogP contribution in [-0.4, -0.2) is 34.9 Å². The number of rotatable bonds is 5. The number of aromatic nitrogens is 3. The maximum Gasteiger partial charge on any atom is 0.255 e. The van der Waals surface area contributed by atoms with Gasteiger partial charge in [-0.2, -0.15) is 10.1 Å². The maximum atomic E-state index is 13.4. The zero-order chi connectivity index (χ0) is 21.3. The molecule has 8 heteroatoms. The van der Waals surface area contributed by atoms with Gasteiger partial charge in [0.1, 0.15) is 12.4 Å². The molecule has 30 heavy (non-hydrogen) atoms. The average molecular weight is 405 g/mol. The third kappa shape index (κ3) is 3.36. The first kappa shape index (κ1) is 19.5. The minimum absolute atomic E-state index is 0.213. The van der Waals surface area contributed by atoms with Gasteiger partial charge >= 0.3 is 0 Å². The Labute approximate surface area is 174 Å². The summed E-state index contributed by atoms with van der Waals surface area (Å²) >= 11 is 0. The van der Waals surface area contributed by atoms with Crippen molar-refractivity contribution in [1.82, 2.24) is 14.8 Å². The molecule has 1 aromatic heterocycles. The van der Waals surface area contributed by atoms with Crippen molar-refractivity contribution in [2.24, 2.45) is 0 Å². The molecule has 0 aliphatic carbocycles. The summed E-state index contributed by atoms with van der Waals surface area (Å²) in [6.45, 7) is 3.82. The molecule has 1 aliphatic rings. The molecule has 2 N–H and O–H groups in total. The molecule has 4 rings (SSSR count). The van der Waals surface area contributed by atoms with Crippen LogP contribution in [0, 0.1) is 6.92 Å². The molecule has 0 unspecified atom stereocenters. The number of benzene rings is 2.